The van der Waals surface area contributed by atoms with Crippen LogP contribution in [0.15, 0.2) is 54.6 Å². The fourth-order valence-corrected chi connectivity index (χ4v) is 6.16. The molecule has 0 aliphatic carbocycles. The molecule has 0 spiro atoms. The lowest BCUT2D eigenvalue weighted by Gasteiger charge is -2.35. The van der Waals surface area contributed by atoms with Crippen LogP contribution in [0.1, 0.15) is 16.7 Å². The molecule has 3 rings (SSSR count). The van der Waals surface area contributed by atoms with Gasteiger partial charge in [0.2, 0.25) is 0 Å². The summed E-state index contributed by atoms with van der Waals surface area (Å²) in [5.74, 6) is -0.627. The third-order valence-electron chi connectivity index (χ3n) is 4.40. The van der Waals surface area contributed by atoms with Gasteiger partial charge >= 0.3 is 0 Å². The lowest BCUT2D eigenvalue weighted by atomic mass is 9.83. The molecule has 0 amide bonds. The maximum atomic E-state index is 13.0. The van der Waals surface area contributed by atoms with Crippen LogP contribution in [-0.2, 0) is 14.9 Å². The predicted molar refractivity (Wildman–Crippen MR) is 114 cm³/mol. The van der Waals surface area contributed by atoms with Gasteiger partial charge in [-0.05, 0) is 42.0 Å². The normalized spacial score (nSPS) is 13.8. The quantitative estimate of drug-likeness (QED) is 0.311. The Morgan fingerprint density at radius 3 is 1.76 bits per heavy atom. The van der Waals surface area contributed by atoms with E-state index in [1.54, 1.807) is 0 Å². The number of phenolic OH excluding ortho intramolecular Hbond substituents is 2. The van der Waals surface area contributed by atoms with E-state index in [2.05, 4.69) is 0 Å². The van der Waals surface area contributed by atoms with Crippen molar-refractivity contribution in [3.8, 4) is 11.5 Å². The summed E-state index contributed by atoms with van der Waals surface area (Å²) in [5, 5.41) is 19.0. The molecule has 0 aromatic heterocycles. The van der Waals surface area contributed by atoms with Crippen molar-refractivity contribution in [1.29, 1.82) is 0 Å². The minimum absolute atomic E-state index is 0.0674. The van der Waals surface area contributed by atoms with Crippen molar-refractivity contribution in [2.75, 3.05) is 0 Å². The molecule has 3 aromatic rings. The van der Waals surface area contributed by atoms with E-state index < -0.39 is 25.6 Å². The molecule has 0 heterocycles. The average molecular weight is 494 g/mol. The van der Waals surface area contributed by atoms with Gasteiger partial charge in [0.05, 0.1) is 5.02 Å². The van der Waals surface area contributed by atoms with E-state index in [9.17, 15) is 23.2 Å². The first-order chi connectivity index (χ1) is 13.5. The van der Waals surface area contributed by atoms with Crippen LogP contribution in [0.25, 0.3) is 0 Å². The summed E-state index contributed by atoms with van der Waals surface area (Å²) >= 11 is 25.3. The lowest BCUT2D eigenvalue weighted by Crippen LogP contribution is -2.39. The summed E-state index contributed by atoms with van der Waals surface area (Å²) < 4.78 is 34.1. The molecular weight excluding hydrogens is 482 g/mol. The number of phenols is 2. The Hall–Kier alpha value is -1.67. The summed E-state index contributed by atoms with van der Waals surface area (Å²) in [4.78, 5) is 0. The first-order valence-corrected chi connectivity index (χ1v) is 10.9. The van der Waals surface area contributed by atoms with Gasteiger partial charge in [-0.2, -0.15) is 8.42 Å². The third kappa shape index (κ3) is 3.54. The first kappa shape index (κ1) is 22.0. The highest BCUT2D eigenvalue weighted by Crippen LogP contribution is 2.54. The highest BCUT2D eigenvalue weighted by Gasteiger charge is 2.53. The molecule has 0 saturated carbocycles. The van der Waals surface area contributed by atoms with Crippen LogP contribution < -0.4 is 0 Å². The van der Waals surface area contributed by atoms with Crippen molar-refractivity contribution >= 4 is 56.5 Å². The number of rotatable bonds is 4. The molecule has 3 aromatic carbocycles. The molecule has 29 heavy (non-hydrogen) atoms. The largest absolute Gasteiger partial charge is 0.508 e. The van der Waals surface area contributed by atoms with Gasteiger partial charge in [0.25, 0.3) is 10.1 Å². The van der Waals surface area contributed by atoms with Gasteiger partial charge in [0.15, 0.2) is 4.75 Å². The molecule has 3 N–H and O–H groups in total. The Balaban J connectivity index is 2.68. The van der Waals surface area contributed by atoms with Crippen molar-refractivity contribution in [2.24, 2.45) is 0 Å². The molecule has 0 bridgehead atoms. The van der Waals surface area contributed by atoms with Gasteiger partial charge in [-0.1, -0.05) is 64.6 Å². The molecule has 0 saturated heterocycles. The molecule has 5 nitrogen and oxygen atoms in total. The zero-order valence-electron chi connectivity index (χ0n) is 14.3. The number of hydrogen-bond acceptors (Lipinski definition) is 4. The number of hydrogen-bond donors (Lipinski definition) is 3. The van der Waals surface area contributed by atoms with Crippen LogP contribution in [0.3, 0.4) is 0 Å². The van der Waals surface area contributed by atoms with Crippen LogP contribution in [0, 0.1) is 0 Å². The molecule has 1 unspecified atom stereocenters. The Labute approximate surface area is 186 Å². The fourth-order valence-electron chi connectivity index (χ4n) is 3.22. The molecule has 152 valence electrons. The summed E-state index contributed by atoms with van der Waals surface area (Å²) in [6.07, 6.45) is 0. The minimum atomic E-state index is -5.14. The van der Waals surface area contributed by atoms with E-state index in [-0.39, 0.29) is 37.5 Å². The smallest absolute Gasteiger partial charge is 0.283 e. The molecule has 0 aliphatic rings. The van der Waals surface area contributed by atoms with Gasteiger partial charge in [-0.3, -0.25) is 4.55 Å². The molecule has 10 heteroatoms. The highest BCUT2D eigenvalue weighted by atomic mass is 35.5. The second-order valence-electron chi connectivity index (χ2n) is 6.06. The predicted octanol–water partition coefficient (Wildman–Crippen LogP) is 5.89. The lowest BCUT2D eigenvalue weighted by molar-refractivity contribution is 0.455. The second-order valence-corrected chi connectivity index (χ2v) is 9.22. The summed E-state index contributed by atoms with van der Waals surface area (Å²) in [6, 6.07) is 11.6. The Bertz CT molecular complexity index is 1180. The number of halogens is 4. The minimum Gasteiger partial charge on any atom is -0.508 e. The van der Waals surface area contributed by atoms with Crippen LogP contribution in [0.5, 0.6) is 11.5 Å². The van der Waals surface area contributed by atoms with Gasteiger partial charge < -0.3 is 10.2 Å². The molecule has 1 atom stereocenters. The molecule has 0 fully saturated rings. The van der Waals surface area contributed by atoms with Crippen LogP contribution in [0.2, 0.25) is 20.1 Å². The van der Waals surface area contributed by atoms with Crippen molar-refractivity contribution in [1.82, 2.24) is 0 Å². The zero-order valence-corrected chi connectivity index (χ0v) is 18.1. The monoisotopic (exact) mass is 492 g/mol. The fraction of sp³-hybridized carbons (Fsp3) is 0.0526. The Kier molecular flexibility index (Phi) is 5.98. The summed E-state index contributed by atoms with van der Waals surface area (Å²) in [7, 11) is -5.14. The van der Waals surface area contributed by atoms with Crippen LogP contribution >= 0.6 is 46.4 Å². The average Bonchev–Trinajstić information content (AvgIpc) is 2.63. The Morgan fingerprint density at radius 1 is 0.724 bits per heavy atom. The SMILES string of the molecule is O=S(=O)(O)C(c1ccc(O)cc1)(c1c(Cl)cccc1Cl)c1c(Cl)ccc(O)c1Cl. The maximum Gasteiger partial charge on any atom is 0.283 e. The second kappa shape index (κ2) is 7.87. The van der Waals surface area contributed by atoms with E-state index in [0.29, 0.717) is 0 Å². The van der Waals surface area contributed by atoms with Crippen molar-refractivity contribution < 1.29 is 23.2 Å². The van der Waals surface area contributed by atoms with E-state index in [4.69, 9.17) is 46.4 Å². The van der Waals surface area contributed by atoms with Crippen LogP contribution in [-0.4, -0.2) is 23.2 Å². The van der Waals surface area contributed by atoms with Crippen molar-refractivity contribution in [3.63, 3.8) is 0 Å². The summed E-state index contributed by atoms with van der Waals surface area (Å²) in [5.41, 5.74) is -0.628. The molecule has 0 radical (unpaired) electrons. The van der Waals surface area contributed by atoms with Crippen LogP contribution in [0.4, 0.5) is 0 Å². The van der Waals surface area contributed by atoms with E-state index in [1.807, 2.05) is 0 Å². The molecular formula is C19H12Cl4O5S. The van der Waals surface area contributed by atoms with E-state index >= 15 is 0 Å². The van der Waals surface area contributed by atoms with Gasteiger partial charge in [0, 0.05) is 26.2 Å². The van der Waals surface area contributed by atoms with Gasteiger partial charge in [-0.15, -0.1) is 0 Å². The number of aromatic hydroxyl groups is 2. The third-order valence-corrected chi connectivity index (χ3v) is 7.14. The zero-order chi connectivity index (χ0) is 21.6. The highest BCUT2D eigenvalue weighted by molar-refractivity contribution is 7.87. The Morgan fingerprint density at radius 2 is 1.24 bits per heavy atom. The standard InChI is InChI=1S/C19H12Cl4O5S/c20-12-2-1-3-13(21)16(12)19(29(26,27)28,10-4-6-11(24)7-5-10)17-14(22)8-9-15(25)18(17)23/h1-9,24-25H,(H,26,27,28). The maximum absolute atomic E-state index is 13.0. The van der Waals surface area contributed by atoms with Crippen molar-refractivity contribution in [3.05, 3.63) is 91.4 Å². The van der Waals surface area contributed by atoms with Gasteiger partial charge in [-0.25, -0.2) is 0 Å². The van der Waals surface area contributed by atoms with E-state index in [1.165, 1.54) is 54.6 Å². The van der Waals surface area contributed by atoms with Crippen molar-refractivity contribution in [2.45, 2.75) is 4.75 Å². The summed E-state index contributed by atoms with van der Waals surface area (Å²) in [6.45, 7) is 0. The first-order valence-electron chi connectivity index (χ1n) is 7.90. The van der Waals surface area contributed by atoms with Gasteiger partial charge in [0.1, 0.15) is 11.5 Å². The topological polar surface area (TPSA) is 94.8 Å². The van der Waals surface area contributed by atoms with E-state index in [0.717, 1.165) is 0 Å². The number of benzene rings is 3. The molecule has 0 aliphatic heterocycles.